The van der Waals surface area contributed by atoms with E-state index in [-0.39, 0.29) is 0 Å². The highest BCUT2D eigenvalue weighted by Crippen LogP contribution is 2.25. The number of hydrogen-bond acceptors (Lipinski definition) is 2. The second-order valence-corrected chi connectivity index (χ2v) is 4.21. The van der Waals surface area contributed by atoms with Crippen molar-refractivity contribution in [3.05, 3.63) is 54.0 Å². The van der Waals surface area contributed by atoms with E-state index < -0.39 is 0 Å². The predicted molar refractivity (Wildman–Crippen MR) is 63.9 cm³/mol. The molecule has 0 bridgehead atoms. The lowest BCUT2D eigenvalue weighted by atomic mass is 10.1. The molecule has 0 fully saturated rings. The summed E-state index contributed by atoms with van der Waals surface area (Å²) in [6.07, 6.45) is 1.92. The summed E-state index contributed by atoms with van der Waals surface area (Å²) in [6.45, 7) is 0. The van der Waals surface area contributed by atoms with E-state index >= 15 is 0 Å². The average Bonchev–Trinajstić information content (AvgIpc) is 2.82. The highest BCUT2D eigenvalue weighted by atomic mass is 32.1. The third-order valence-corrected chi connectivity index (χ3v) is 3.19. The first kappa shape index (κ1) is 8.62. The molecule has 0 aliphatic rings. The minimum Gasteiger partial charge on any atom is -0.256 e. The summed E-state index contributed by atoms with van der Waals surface area (Å²) in [6, 6.07) is 14.3. The van der Waals surface area contributed by atoms with Crippen LogP contribution in [-0.4, -0.2) is 4.98 Å². The molecule has 1 radical (unpaired) electrons. The number of fused-ring (bicyclic) bond motifs is 1. The monoisotopic (exact) mass is 210 g/mol. The molecule has 0 spiro atoms. The van der Waals surface area contributed by atoms with E-state index in [1.165, 1.54) is 15.8 Å². The van der Waals surface area contributed by atoms with E-state index in [0.29, 0.717) is 0 Å². The number of benzene rings is 1. The van der Waals surface area contributed by atoms with Gasteiger partial charge in [-0.1, -0.05) is 18.2 Å². The lowest BCUT2D eigenvalue weighted by Gasteiger charge is -1.99. The molecule has 3 aromatic rings. The van der Waals surface area contributed by atoms with Crippen molar-refractivity contribution in [1.29, 1.82) is 0 Å². The van der Waals surface area contributed by atoms with Crippen molar-refractivity contribution >= 4 is 22.2 Å². The van der Waals surface area contributed by atoms with Crippen molar-refractivity contribution in [3.63, 3.8) is 0 Å². The zero-order valence-electron chi connectivity index (χ0n) is 7.97. The Morgan fingerprint density at radius 3 is 2.93 bits per heavy atom. The number of nitrogens with zero attached hydrogens (tertiary/aromatic N) is 1. The Labute approximate surface area is 92.0 Å². The van der Waals surface area contributed by atoms with Gasteiger partial charge < -0.3 is 0 Å². The van der Waals surface area contributed by atoms with E-state index in [1.807, 2.05) is 30.5 Å². The first-order valence-electron chi connectivity index (χ1n) is 4.74. The van der Waals surface area contributed by atoms with E-state index in [2.05, 4.69) is 28.6 Å². The summed E-state index contributed by atoms with van der Waals surface area (Å²) in [5, 5.41) is 4.27. The van der Waals surface area contributed by atoms with Crippen LogP contribution in [0.4, 0.5) is 0 Å². The molecule has 0 saturated carbocycles. The van der Waals surface area contributed by atoms with Crippen LogP contribution in [0.15, 0.2) is 48.7 Å². The molecule has 0 unspecified atom stereocenters. The summed E-state index contributed by atoms with van der Waals surface area (Å²) in [4.78, 5) is 5.65. The lowest BCUT2D eigenvalue weighted by Crippen LogP contribution is -1.79. The smallest absolute Gasteiger partial charge is 0.0702 e. The third kappa shape index (κ3) is 1.53. The molecule has 2 aromatic heterocycles. The maximum atomic E-state index is 4.43. The van der Waals surface area contributed by atoms with Crippen LogP contribution in [0.5, 0.6) is 0 Å². The largest absolute Gasteiger partial charge is 0.256 e. The average molecular weight is 210 g/mol. The third-order valence-electron chi connectivity index (χ3n) is 2.35. The first-order valence-corrected chi connectivity index (χ1v) is 5.56. The van der Waals surface area contributed by atoms with Crippen molar-refractivity contribution in [2.24, 2.45) is 0 Å². The molecule has 15 heavy (non-hydrogen) atoms. The summed E-state index contributed by atoms with van der Waals surface area (Å²) in [5.74, 6) is 0. The highest BCUT2D eigenvalue weighted by Gasteiger charge is 2.00. The Balaban J connectivity index is 2.22. The van der Waals surface area contributed by atoms with E-state index in [0.717, 1.165) is 5.52 Å². The molecular formula is C13H8NS. The van der Waals surface area contributed by atoms with Gasteiger partial charge in [-0.05, 0) is 24.3 Å². The van der Waals surface area contributed by atoms with Gasteiger partial charge in [0.1, 0.15) is 0 Å². The van der Waals surface area contributed by atoms with Gasteiger partial charge in [0.25, 0.3) is 0 Å². The molecule has 1 aromatic carbocycles. The van der Waals surface area contributed by atoms with Crippen LogP contribution in [0.2, 0.25) is 0 Å². The molecular weight excluding hydrogens is 202 g/mol. The van der Waals surface area contributed by atoms with Crippen molar-refractivity contribution < 1.29 is 0 Å². The van der Waals surface area contributed by atoms with Gasteiger partial charge in [-0.2, -0.15) is 0 Å². The number of pyridine rings is 1. The molecule has 0 saturated heterocycles. The lowest BCUT2D eigenvalue weighted by molar-refractivity contribution is 1.42. The topological polar surface area (TPSA) is 12.9 Å². The van der Waals surface area contributed by atoms with Crippen molar-refractivity contribution in [2.45, 2.75) is 0 Å². The molecule has 0 N–H and O–H groups in total. The molecule has 0 amide bonds. The molecule has 0 aliphatic carbocycles. The number of para-hydroxylation sites is 1. The number of rotatable bonds is 1. The van der Waals surface area contributed by atoms with Gasteiger partial charge in [-0.3, -0.25) is 4.98 Å². The van der Waals surface area contributed by atoms with Gasteiger partial charge >= 0.3 is 0 Å². The summed E-state index contributed by atoms with van der Waals surface area (Å²) < 4.78 is 0. The fraction of sp³-hybridized carbons (Fsp3) is 0. The maximum absolute atomic E-state index is 4.43. The van der Waals surface area contributed by atoms with Crippen molar-refractivity contribution in [3.8, 4) is 10.4 Å². The molecule has 2 heteroatoms. The van der Waals surface area contributed by atoms with E-state index in [1.54, 1.807) is 11.3 Å². The van der Waals surface area contributed by atoms with Crippen LogP contribution in [0.3, 0.4) is 0 Å². The zero-order valence-corrected chi connectivity index (χ0v) is 8.79. The van der Waals surface area contributed by atoms with Gasteiger partial charge in [-0.15, -0.1) is 11.3 Å². The fourth-order valence-corrected chi connectivity index (χ4v) is 2.23. The molecule has 0 aliphatic heterocycles. The normalized spacial score (nSPS) is 10.7. The maximum Gasteiger partial charge on any atom is 0.0702 e. The van der Waals surface area contributed by atoms with Gasteiger partial charge in [0.2, 0.25) is 0 Å². The van der Waals surface area contributed by atoms with Crippen LogP contribution in [0, 0.1) is 5.38 Å². The molecule has 2 heterocycles. The fourth-order valence-electron chi connectivity index (χ4n) is 1.60. The van der Waals surface area contributed by atoms with E-state index in [4.69, 9.17) is 0 Å². The summed E-state index contributed by atoms with van der Waals surface area (Å²) >= 11 is 1.62. The zero-order chi connectivity index (χ0) is 10.1. The highest BCUT2D eigenvalue weighted by molar-refractivity contribution is 7.13. The first-order chi connectivity index (χ1) is 7.43. The van der Waals surface area contributed by atoms with Crippen LogP contribution in [-0.2, 0) is 0 Å². The second-order valence-electron chi connectivity index (χ2n) is 3.33. The van der Waals surface area contributed by atoms with Gasteiger partial charge in [0, 0.05) is 27.4 Å². The van der Waals surface area contributed by atoms with Crippen molar-refractivity contribution in [2.75, 3.05) is 0 Å². The Morgan fingerprint density at radius 2 is 2.07 bits per heavy atom. The SMILES string of the molecule is [c]1ccc(-c2cnc3ccccc3c2)s1. The number of hydrogen-bond donors (Lipinski definition) is 0. The Hall–Kier alpha value is -1.67. The van der Waals surface area contributed by atoms with Crippen LogP contribution < -0.4 is 0 Å². The molecule has 0 atom stereocenters. The molecule has 71 valence electrons. The van der Waals surface area contributed by atoms with Gasteiger partial charge in [-0.25, -0.2) is 0 Å². The minimum absolute atomic E-state index is 1.04. The predicted octanol–water partition coefficient (Wildman–Crippen LogP) is 3.76. The quantitative estimate of drug-likeness (QED) is 0.596. The van der Waals surface area contributed by atoms with Gasteiger partial charge in [0.05, 0.1) is 5.52 Å². The van der Waals surface area contributed by atoms with Gasteiger partial charge in [0.15, 0.2) is 0 Å². The number of thiophene rings is 1. The Bertz CT molecular complexity index is 584. The van der Waals surface area contributed by atoms with E-state index in [9.17, 15) is 0 Å². The minimum atomic E-state index is 1.04. The van der Waals surface area contributed by atoms with Crippen LogP contribution >= 0.6 is 11.3 Å². The van der Waals surface area contributed by atoms with Crippen LogP contribution in [0.1, 0.15) is 0 Å². The second kappa shape index (κ2) is 3.48. The summed E-state index contributed by atoms with van der Waals surface area (Å²) in [7, 11) is 0. The Kier molecular flexibility index (Phi) is 2.00. The van der Waals surface area contributed by atoms with Crippen LogP contribution in [0.25, 0.3) is 21.3 Å². The Morgan fingerprint density at radius 1 is 1.13 bits per heavy atom. The number of aromatic nitrogens is 1. The standard InChI is InChI=1S/C13H8NS/c1-2-5-12-10(4-1)8-11(9-14-12)13-6-3-7-15-13/h1-6,8-9H. The summed E-state index contributed by atoms with van der Waals surface area (Å²) in [5.41, 5.74) is 2.21. The molecule has 1 nitrogen and oxygen atoms in total. The van der Waals surface area contributed by atoms with Crippen molar-refractivity contribution in [1.82, 2.24) is 4.98 Å². The molecule has 3 rings (SSSR count).